The third-order valence-corrected chi connectivity index (χ3v) is 6.06. The number of likely N-dealkylation sites (N-methyl/N-ethyl adjacent to an activating group) is 1. The Balaban J connectivity index is 1.58. The van der Waals surface area contributed by atoms with Gasteiger partial charge in [-0.3, -0.25) is 9.69 Å². The minimum absolute atomic E-state index is 0.168. The van der Waals surface area contributed by atoms with Crippen molar-refractivity contribution >= 4 is 63.8 Å². The summed E-state index contributed by atoms with van der Waals surface area (Å²) in [7, 11) is 1.62. The molecule has 2 aromatic carbocycles. The Hall–Kier alpha value is -3.00. The predicted octanol–water partition coefficient (Wildman–Crippen LogP) is 6.19. The van der Waals surface area contributed by atoms with E-state index in [0.29, 0.717) is 42.9 Å². The molecule has 1 N–H and O–H groups in total. The molecule has 31 heavy (non-hydrogen) atoms. The topological polar surface area (TPSA) is 83.1 Å². The molecular formula is C22H14Cl2N2O4S. The molecule has 1 aromatic heterocycles. The van der Waals surface area contributed by atoms with E-state index in [4.69, 9.17) is 32.7 Å². The number of benzene rings is 2. The predicted molar refractivity (Wildman–Crippen MR) is 123 cm³/mol. The Morgan fingerprint density at radius 3 is 2.58 bits per heavy atom. The van der Waals surface area contributed by atoms with E-state index in [-0.39, 0.29) is 11.5 Å². The van der Waals surface area contributed by atoms with E-state index < -0.39 is 5.97 Å². The largest absolute Gasteiger partial charge is 0.478 e. The SMILES string of the molecule is CN1C(=O)C(=Cc2ccc(-c3cc(Cl)ccc3Cl)o2)SC1=Nc1ccc(C(=O)O)cc1. The highest BCUT2D eigenvalue weighted by Crippen LogP contribution is 2.35. The summed E-state index contributed by atoms with van der Waals surface area (Å²) in [6.07, 6.45) is 1.64. The number of amidine groups is 1. The molecule has 4 rings (SSSR count). The molecule has 9 heteroatoms. The molecular weight excluding hydrogens is 459 g/mol. The van der Waals surface area contributed by atoms with E-state index in [1.54, 1.807) is 55.6 Å². The van der Waals surface area contributed by atoms with Crippen molar-refractivity contribution in [3.05, 3.63) is 80.9 Å². The minimum Gasteiger partial charge on any atom is -0.478 e. The lowest BCUT2D eigenvalue weighted by molar-refractivity contribution is -0.121. The van der Waals surface area contributed by atoms with Gasteiger partial charge in [-0.2, -0.15) is 0 Å². The number of carbonyl (C=O) groups excluding carboxylic acids is 1. The maximum Gasteiger partial charge on any atom is 0.335 e. The highest BCUT2D eigenvalue weighted by molar-refractivity contribution is 8.18. The number of furan rings is 1. The minimum atomic E-state index is -1.01. The fourth-order valence-corrected chi connectivity index (χ4v) is 4.18. The van der Waals surface area contributed by atoms with Gasteiger partial charge in [0.05, 0.1) is 21.2 Å². The number of carboxylic acid groups (broad SMARTS) is 1. The Bertz CT molecular complexity index is 1250. The fourth-order valence-electron chi connectivity index (χ4n) is 2.83. The molecule has 0 unspecified atom stereocenters. The zero-order valence-electron chi connectivity index (χ0n) is 16.0. The summed E-state index contributed by atoms with van der Waals surface area (Å²) in [6, 6.07) is 14.7. The van der Waals surface area contributed by atoms with Crippen LogP contribution in [0, 0.1) is 0 Å². The maximum atomic E-state index is 12.6. The van der Waals surface area contributed by atoms with Gasteiger partial charge in [0.1, 0.15) is 11.5 Å². The molecule has 1 fully saturated rings. The van der Waals surface area contributed by atoms with Crippen molar-refractivity contribution < 1.29 is 19.1 Å². The number of halogens is 2. The average Bonchev–Trinajstić information content (AvgIpc) is 3.31. The van der Waals surface area contributed by atoms with Crippen LogP contribution in [0.4, 0.5) is 5.69 Å². The Morgan fingerprint density at radius 1 is 1.13 bits per heavy atom. The van der Waals surface area contributed by atoms with Crippen LogP contribution in [-0.4, -0.2) is 34.1 Å². The van der Waals surface area contributed by atoms with Crippen LogP contribution in [0.3, 0.4) is 0 Å². The molecule has 6 nitrogen and oxygen atoms in total. The quantitative estimate of drug-likeness (QED) is 0.457. The number of carboxylic acids is 1. The fraction of sp³-hybridized carbons (Fsp3) is 0.0455. The van der Waals surface area contributed by atoms with E-state index in [1.807, 2.05) is 0 Å². The maximum absolute atomic E-state index is 12.6. The van der Waals surface area contributed by atoms with Gasteiger partial charge in [0.25, 0.3) is 5.91 Å². The number of aliphatic imine (C=N–C) groups is 1. The molecule has 0 radical (unpaired) electrons. The van der Waals surface area contributed by atoms with E-state index in [0.717, 1.165) is 0 Å². The lowest BCUT2D eigenvalue weighted by Gasteiger charge is -2.07. The van der Waals surface area contributed by atoms with Gasteiger partial charge in [-0.15, -0.1) is 0 Å². The van der Waals surface area contributed by atoms with E-state index in [1.165, 1.54) is 28.8 Å². The lowest BCUT2D eigenvalue weighted by atomic mass is 10.2. The second kappa shape index (κ2) is 8.63. The van der Waals surface area contributed by atoms with Crippen molar-refractivity contribution in [2.75, 3.05) is 7.05 Å². The first-order chi connectivity index (χ1) is 14.8. The zero-order chi connectivity index (χ0) is 22.1. The van der Waals surface area contributed by atoms with Crippen LogP contribution in [0.5, 0.6) is 0 Å². The number of carbonyl (C=O) groups is 2. The van der Waals surface area contributed by atoms with Crippen molar-refractivity contribution in [1.29, 1.82) is 0 Å². The Morgan fingerprint density at radius 2 is 1.87 bits per heavy atom. The van der Waals surface area contributed by atoms with Crippen LogP contribution in [0.2, 0.25) is 10.0 Å². The van der Waals surface area contributed by atoms with Crippen LogP contribution in [0.1, 0.15) is 16.1 Å². The van der Waals surface area contributed by atoms with Crippen molar-refractivity contribution in [2.24, 2.45) is 4.99 Å². The second-order valence-electron chi connectivity index (χ2n) is 6.55. The summed E-state index contributed by atoms with van der Waals surface area (Å²) >= 11 is 13.5. The number of amides is 1. The van der Waals surface area contributed by atoms with Gasteiger partial charge in [-0.25, -0.2) is 9.79 Å². The molecule has 156 valence electrons. The number of thioether (sulfide) groups is 1. The standard InChI is InChI=1S/C22H14Cl2N2O4S/c1-26-20(27)19(31-22(26)25-14-5-2-12(3-6-14)21(28)29)11-15-7-9-18(30-15)16-10-13(23)4-8-17(16)24/h2-11H,1H3,(H,28,29). The molecule has 1 saturated heterocycles. The van der Waals surface area contributed by atoms with Crippen LogP contribution < -0.4 is 0 Å². The summed E-state index contributed by atoms with van der Waals surface area (Å²) in [5.41, 5.74) is 1.37. The molecule has 0 aliphatic carbocycles. The molecule has 1 amide bonds. The number of hydrogen-bond acceptors (Lipinski definition) is 5. The summed E-state index contributed by atoms with van der Waals surface area (Å²) < 4.78 is 5.84. The zero-order valence-corrected chi connectivity index (χ0v) is 18.3. The van der Waals surface area contributed by atoms with Crippen molar-refractivity contribution in [3.8, 4) is 11.3 Å². The number of nitrogens with zero attached hydrogens (tertiary/aromatic N) is 2. The van der Waals surface area contributed by atoms with Crippen LogP contribution in [0.25, 0.3) is 17.4 Å². The highest BCUT2D eigenvalue weighted by Gasteiger charge is 2.30. The summed E-state index contributed by atoms with van der Waals surface area (Å²) in [5, 5.41) is 10.5. The first kappa shape index (κ1) is 21.2. The molecule has 1 aliphatic rings. The van der Waals surface area contributed by atoms with Gasteiger partial charge in [0.15, 0.2) is 5.17 Å². The normalized spacial score (nSPS) is 16.5. The van der Waals surface area contributed by atoms with Crippen LogP contribution in [-0.2, 0) is 4.79 Å². The van der Waals surface area contributed by atoms with Crippen molar-refractivity contribution in [3.63, 3.8) is 0 Å². The van der Waals surface area contributed by atoms with Gasteiger partial charge in [0.2, 0.25) is 0 Å². The lowest BCUT2D eigenvalue weighted by Crippen LogP contribution is -2.23. The first-order valence-corrected chi connectivity index (χ1v) is 10.5. The molecule has 0 bridgehead atoms. The molecule has 2 heterocycles. The van der Waals surface area contributed by atoms with Gasteiger partial charge in [0, 0.05) is 23.7 Å². The summed E-state index contributed by atoms with van der Waals surface area (Å²) in [4.78, 5) is 29.9. The van der Waals surface area contributed by atoms with Gasteiger partial charge >= 0.3 is 5.97 Å². The van der Waals surface area contributed by atoms with Crippen molar-refractivity contribution in [2.45, 2.75) is 0 Å². The smallest absolute Gasteiger partial charge is 0.335 e. The molecule has 0 spiro atoms. The first-order valence-electron chi connectivity index (χ1n) is 8.97. The van der Waals surface area contributed by atoms with Gasteiger partial charge in [-0.1, -0.05) is 23.2 Å². The van der Waals surface area contributed by atoms with Gasteiger partial charge < -0.3 is 9.52 Å². The van der Waals surface area contributed by atoms with Crippen LogP contribution >= 0.6 is 35.0 Å². The second-order valence-corrected chi connectivity index (χ2v) is 8.40. The highest BCUT2D eigenvalue weighted by atomic mass is 35.5. The van der Waals surface area contributed by atoms with Crippen LogP contribution in [0.15, 0.2) is 68.9 Å². The van der Waals surface area contributed by atoms with E-state index >= 15 is 0 Å². The number of aromatic carboxylic acids is 1. The Kier molecular flexibility index (Phi) is 5.91. The van der Waals surface area contributed by atoms with Gasteiger partial charge in [-0.05, 0) is 66.4 Å². The molecule has 0 atom stereocenters. The molecule has 1 aliphatic heterocycles. The van der Waals surface area contributed by atoms with E-state index in [9.17, 15) is 9.59 Å². The summed E-state index contributed by atoms with van der Waals surface area (Å²) in [5.74, 6) is -0.202. The van der Waals surface area contributed by atoms with E-state index in [2.05, 4.69) is 4.99 Å². The molecule has 0 saturated carbocycles. The third kappa shape index (κ3) is 4.54. The molecule has 3 aromatic rings. The number of hydrogen-bond donors (Lipinski definition) is 1. The summed E-state index contributed by atoms with van der Waals surface area (Å²) in [6.45, 7) is 0. The van der Waals surface area contributed by atoms with Crippen molar-refractivity contribution in [1.82, 2.24) is 4.90 Å². The average molecular weight is 473 g/mol. The Labute approximate surface area is 191 Å². The monoisotopic (exact) mass is 472 g/mol. The number of rotatable bonds is 4. The third-order valence-electron chi connectivity index (χ3n) is 4.44.